The first kappa shape index (κ1) is 29.6. The summed E-state index contributed by atoms with van der Waals surface area (Å²) in [6.07, 6.45) is 2.15. The van der Waals surface area contributed by atoms with Crippen LogP contribution in [0.2, 0.25) is 0 Å². The molecule has 0 fully saturated rings. The number of carboxylic acid groups (broad SMARTS) is 1. The van der Waals surface area contributed by atoms with Crippen molar-refractivity contribution < 1.29 is 34.2 Å². The molecule has 4 amide bonds. The molecule has 32 heavy (non-hydrogen) atoms. The molecule has 0 spiro atoms. The van der Waals surface area contributed by atoms with Gasteiger partial charge in [0.25, 0.3) is 0 Å². The normalized spacial score (nSPS) is 15.5. The summed E-state index contributed by atoms with van der Waals surface area (Å²) in [5.74, 6) is -3.95. The lowest BCUT2D eigenvalue weighted by atomic mass is 9.97. The third kappa shape index (κ3) is 10.8. The first-order valence-electron chi connectivity index (χ1n) is 10.3. The van der Waals surface area contributed by atoms with Crippen molar-refractivity contribution in [2.75, 3.05) is 18.6 Å². The van der Waals surface area contributed by atoms with Gasteiger partial charge in [0.1, 0.15) is 24.2 Å². The lowest BCUT2D eigenvalue weighted by Crippen LogP contribution is -2.59. The summed E-state index contributed by atoms with van der Waals surface area (Å²) in [6, 6.07) is -4.64. The molecule has 0 saturated heterocycles. The Morgan fingerprint density at radius 2 is 1.56 bits per heavy atom. The molecular formula is C19H35N5O7S. The molecule has 184 valence electrons. The van der Waals surface area contributed by atoms with Crippen LogP contribution in [-0.4, -0.2) is 82.6 Å². The SMILES string of the molecule is CCC(C)C(NC(=O)C(CCSC)NC(=O)C(N)CO)C(=O)NC(CCC(N)=O)C(=O)O. The topological polar surface area (TPSA) is 214 Å². The Morgan fingerprint density at radius 3 is 2.03 bits per heavy atom. The molecule has 0 radical (unpaired) electrons. The highest BCUT2D eigenvalue weighted by atomic mass is 32.2. The fraction of sp³-hybridized carbons (Fsp3) is 0.737. The minimum absolute atomic E-state index is 0.191. The quantitative estimate of drug-likeness (QED) is 0.129. The van der Waals surface area contributed by atoms with Gasteiger partial charge in [0.15, 0.2) is 0 Å². The maximum atomic E-state index is 12.9. The van der Waals surface area contributed by atoms with Crippen LogP contribution in [0.3, 0.4) is 0 Å². The Morgan fingerprint density at radius 1 is 0.969 bits per heavy atom. The number of aliphatic carboxylic acids is 1. The average Bonchev–Trinajstić information content (AvgIpc) is 2.75. The van der Waals surface area contributed by atoms with E-state index in [0.717, 1.165) is 0 Å². The minimum Gasteiger partial charge on any atom is -0.480 e. The van der Waals surface area contributed by atoms with Gasteiger partial charge in [-0.05, 0) is 30.8 Å². The number of thioether (sulfide) groups is 1. The zero-order valence-electron chi connectivity index (χ0n) is 18.6. The van der Waals surface area contributed by atoms with E-state index in [1.54, 1.807) is 13.8 Å². The Hall–Kier alpha value is -2.38. The van der Waals surface area contributed by atoms with Crippen LogP contribution in [0.4, 0.5) is 0 Å². The minimum atomic E-state index is -1.35. The maximum Gasteiger partial charge on any atom is 0.326 e. The van der Waals surface area contributed by atoms with Gasteiger partial charge in [0.2, 0.25) is 23.6 Å². The number of rotatable bonds is 16. The van der Waals surface area contributed by atoms with Crippen LogP contribution in [0.5, 0.6) is 0 Å². The summed E-state index contributed by atoms with van der Waals surface area (Å²) in [4.78, 5) is 60.1. The molecule has 0 rings (SSSR count). The van der Waals surface area contributed by atoms with Gasteiger partial charge < -0.3 is 37.6 Å². The fourth-order valence-corrected chi connectivity index (χ4v) is 3.10. The molecule has 13 heteroatoms. The van der Waals surface area contributed by atoms with E-state index < -0.39 is 60.4 Å². The zero-order chi connectivity index (χ0) is 24.8. The molecule has 5 atom stereocenters. The number of primary amides is 1. The second-order valence-corrected chi connectivity index (χ2v) is 8.39. The first-order valence-corrected chi connectivity index (χ1v) is 11.6. The summed E-state index contributed by atoms with van der Waals surface area (Å²) in [5.41, 5.74) is 10.5. The van der Waals surface area contributed by atoms with Gasteiger partial charge >= 0.3 is 5.97 Å². The number of carboxylic acids is 1. The first-order chi connectivity index (χ1) is 15.0. The van der Waals surface area contributed by atoms with Crippen molar-refractivity contribution in [3.63, 3.8) is 0 Å². The van der Waals surface area contributed by atoms with Crippen LogP contribution in [0, 0.1) is 5.92 Å². The predicted molar refractivity (Wildman–Crippen MR) is 119 cm³/mol. The zero-order valence-corrected chi connectivity index (χ0v) is 19.4. The average molecular weight is 478 g/mol. The van der Waals surface area contributed by atoms with E-state index >= 15 is 0 Å². The van der Waals surface area contributed by atoms with E-state index in [1.165, 1.54) is 11.8 Å². The standard InChI is InChI=1S/C19H35N5O7S/c1-4-10(2)15(18(29)23-13(19(30)31)5-6-14(21)26)24-17(28)12(7-8-32-3)22-16(27)11(20)9-25/h10-13,15,25H,4-9,20H2,1-3H3,(H2,21,26)(H,22,27)(H,23,29)(H,24,28)(H,30,31). The van der Waals surface area contributed by atoms with Gasteiger partial charge in [-0.3, -0.25) is 19.2 Å². The third-order valence-electron chi connectivity index (χ3n) is 4.86. The Balaban J connectivity index is 5.47. The van der Waals surface area contributed by atoms with Crippen molar-refractivity contribution in [2.45, 2.75) is 63.7 Å². The van der Waals surface area contributed by atoms with E-state index in [1.807, 2.05) is 6.26 Å². The molecule has 0 aromatic carbocycles. The van der Waals surface area contributed by atoms with E-state index in [-0.39, 0.29) is 25.2 Å². The second kappa shape index (κ2) is 15.4. The van der Waals surface area contributed by atoms with Gasteiger partial charge in [-0.1, -0.05) is 20.3 Å². The van der Waals surface area contributed by atoms with Crippen LogP contribution in [-0.2, 0) is 24.0 Å². The van der Waals surface area contributed by atoms with Gasteiger partial charge in [0, 0.05) is 6.42 Å². The Labute approximate surface area is 191 Å². The monoisotopic (exact) mass is 477 g/mol. The number of hydrogen-bond donors (Lipinski definition) is 7. The van der Waals surface area contributed by atoms with E-state index in [9.17, 15) is 29.1 Å². The molecule has 0 aliphatic carbocycles. The predicted octanol–water partition coefficient (Wildman–Crippen LogP) is -2.09. The van der Waals surface area contributed by atoms with Crippen molar-refractivity contribution in [3.8, 4) is 0 Å². The van der Waals surface area contributed by atoms with Gasteiger partial charge in [-0.2, -0.15) is 11.8 Å². The number of nitrogens with two attached hydrogens (primary N) is 2. The summed E-state index contributed by atoms with van der Waals surface area (Å²) < 4.78 is 0. The number of carbonyl (C=O) groups excluding carboxylic acids is 4. The Kier molecular flexibility index (Phi) is 14.3. The molecular weight excluding hydrogens is 442 g/mol. The number of carbonyl (C=O) groups is 5. The van der Waals surface area contributed by atoms with Gasteiger partial charge in [0.05, 0.1) is 6.61 Å². The number of aliphatic hydroxyl groups is 1. The lowest BCUT2D eigenvalue weighted by Gasteiger charge is -2.28. The molecule has 0 bridgehead atoms. The molecule has 0 heterocycles. The van der Waals surface area contributed by atoms with Crippen LogP contribution in [0.25, 0.3) is 0 Å². The van der Waals surface area contributed by atoms with Crippen LogP contribution >= 0.6 is 11.8 Å². The summed E-state index contributed by atoms with van der Waals surface area (Å²) in [6.45, 7) is 2.91. The van der Waals surface area contributed by atoms with Gasteiger partial charge in [-0.15, -0.1) is 0 Å². The molecule has 0 aliphatic rings. The van der Waals surface area contributed by atoms with Crippen molar-refractivity contribution in [2.24, 2.45) is 17.4 Å². The van der Waals surface area contributed by atoms with Crippen LogP contribution < -0.4 is 27.4 Å². The van der Waals surface area contributed by atoms with E-state index in [4.69, 9.17) is 16.6 Å². The highest BCUT2D eigenvalue weighted by molar-refractivity contribution is 7.98. The maximum absolute atomic E-state index is 12.9. The Bertz CT molecular complexity index is 664. The summed E-state index contributed by atoms with van der Waals surface area (Å²) in [7, 11) is 0. The molecule has 0 aromatic rings. The molecule has 9 N–H and O–H groups in total. The number of aliphatic hydroxyl groups excluding tert-OH is 1. The largest absolute Gasteiger partial charge is 0.480 e. The third-order valence-corrected chi connectivity index (χ3v) is 5.51. The number of nitrogens with one attached hydrogen (secondary N) is 3. The van der Waals surface area contributed by atoms with Crippen LogP contribution in [0.1, 0.15) is 39.5 Å². The van der Waals surface area contributed by atoms with Crippen molar-refractivity contribution in [1.29, 1.82) is 0 Å². The number of amides is 4. The van der Waals surface area contributed by atoms with E-state index in [0.29, 0.717) is 12.2 Å². The van der Waals surface area contributed by atoms with Crippen LogP contribution in [0.15, 0.2) is 0 Å². The molecule has 12 nitrogen and oxygen atoms in total. The second-order valence-electron chi connectivity index (χ2n) is 7.41. The molecule has 5 unspecified atom stereocenters. The van der Waals surface area contributed by atoms with E-state index in [2.05, 4.69) is 16.0 Å². The van der Waals surface area contributed by atoms with Crippen molar-refractivity contribution in [3.05, 3.63) is 0 Å². The molecule has 0 aliphatic heterocycles. The lowest BCUT2D eigenvalue weighted by molar-refractivity contribution is -0.143. The highest BCUT2D eigenvalue weighted by Gasteiger charge is 2.32. The van der Waals surface area contributed by atoms with Crippen molar-refractivity contribution >= 4 is 41.4 Å². The smallest absolute Gasteiger partial charge is 0.326 e. The van der Waals surface area contributed by atoms with Gasteiger partial charge in [-0.25, -0.2) is 4.79 Å². The summed E-state index contributed by atoms with van der Waals surface area (Å²) in [5, 5.41) is 25.8. The van der Waals surface area contributed by atoms with Crippen molar-refractivity contribution in [1.82, 2.24) is 16.0 Å². The summed E-state index contributed by atoms with van der Waals surface area (Å²) >= 11 is 1.45. The molecule has 0 saturated carbocycles. The molecule has 0 aromatic heterocycles. The number of hydrogen-bond acceptors (Lipinski definition) is 8. The fourth-order valence-electron chi connectivity index (χ4n) is 2.63. The highest BCUT2D eigenvalue weighted by Crippen LogP contribution is 2.11.